The molecule has 1 aromatic carbocycles. The number of para-hydroxylation sites is 1. The number of nitrogens with zero attached hydrogens (tertiary/aromatic N) is 3. The van der Waals surface area contributed by atoms with E-state index in [9.17, 15) is 9.59 Å². The van der Waals surface area contributed by atoms with Crippen LogP contribution in [0.15, 0.2) is 40.3 Å². The summed E-state index contributed by atoms with van der Waals surface area (Å²) in [6, 6.07) is 9.32. The van der Waals surface area contributed by atoms with Gasteiger partial charge >= 0.3 is 0 Å². The maximum Gasteiger partial charge on any atom is 0.262 e. The van der Waals surface area contributed by atoms with Gasteiger partial charge in [0.25, 0.3) is 5.56 Å². The summed E-state index contributed by atoms with van der Waals surface area (Å²) >= 11 is 1.33. The van der Waals surface area contributed by atoms with Gasteiger partial charge in [0, 0.05) is 49.9 Å². The van der Waals surface area contributed by atoms with Crippen LogP contribution in [-0.4, -0.2) is 51.6 Å². The summed E-state index contributed by atoms with van der Waals surface area (Å²) in [6.45, 7) is 9.31. The molecule has 1 fully saturated rings. The van der Waals surface area contributed by atoms with E-state index in [0.717, 1.165) is 42.9 Å². The minimum atomic E-state index is -0.0770. The quantitative estimate of drug-likeness (QED) is 0.174. The largest absolute Gasteiger partial charge is 0.382 e. The Morgan fingerprint density at radius 3 is 2.85 bits per heavy atom. The lowest BCUT2D eigenvalue weighted by atomic mass is 10.2. The number of carbonyl (C=O) groups excluding carboxylic acids is 1. The summed E-state index contributed by atoms with van der Waals surface area (Å²) in [5, 5.41) is 1.16. The Kier molecular flexibility index (Phi) is 8.24. The highest BCUT2D eigenvalue weighted by atomic mass is 32.2. The molecule has 0 spiro atoms. The minimum Gasteiger partial charge on any atom is -0.382 e. The molecule has 7 nitrogen and oxygen atoms in total. The van der Waals surface area contributed by atoms with Gasteiger partial charge < -0.3 is 14.0 Å². The molecule has 1 saturated heterocycles. The third-order valence-electron chi connectivity index (χ3n) is 6.32. The Bertz CT molecular complexity index is 1210. The summed E-state index contributed by atoms with van der Waals surface area (Å²) in [5.41, 5.74) is 3.34. The average Bonchev–Trinajstić information content (AvgIpc) is 3.45. The smallest absolute Gasteiger partial charge is 0.262 e. The molecule has 0 bridgehead atoms. The Balaban J connectivity index is 1.53. The summed E-state index contributed by atoms with van der Waals surface area (Å²) in [7, 11) is 0. The molecule has 0 N–H and O–H groups in total. The predicted molar refractivity (Wildman–Crippen MR) is 135 cm³/mol. The van der Waals surface area contributed by atoms with Crippen molar-refractivity contribution < 1.29 is 14.3 Å². The lowest BCUT2D eigenvalue weighted by molar-refractivity contribution is 0.0957. The van der Waals surface area contributed by atoms with Crippen molar-refractivity contribution in [2.45, 2.75) is 64.4 Å². The third kappa shape index (κ3) is 5.45. The van der Waals surface area contributed by atoms with E-state index in [1.165, 1.54) is 11.8 Å². The number of carbonyl (C=O) groups is 1. The lowest BCUT2D eigenvalue weighted by Crippen LogP contribution is -2.24. The minimum absolute atomic E-state index is 0.0416. The number of aromatic nitrogens is 3. The van der Waals surface area contributed by atoms with E-state index in [2.05, 4.69) is 4.57 Å². The van der Waals surface area contributed by atoms with E-state index in [4.69, 9.17) is 14.5 Å². The van der Waals surface area contributed by atoms with Gasteiger partial charge in [-0.25, -0.2) is 4.98 Å². The fraction of sp³-hybridized carbons (Fsp3) is 0.500. The van der Waals surface area contributed by atoms with Crippen LogP contribution in [-0.2, 0) is 22.6 Å². The van der Waals surface area contributed by atoms with Crippen LogP contribution in [0, 0.1) is 13.8 Å². The van der Waals surface area contributed by atoms with Crippen LogP contribution in [0.1, 0.15) is 47.9 Å². The van der Waals surface area contributed by atoms with E-state index in [1.54, 1.807) is 10.6 Å². The number of rotatable bonds is 11. The molecule has 0 radical (unpaired) electrons. The molecule has 3 aromatic rings. The van der Waals surface area contributed by atoms with Gasteiger partial charge in [-0.3, -0.25) is 14.2 Å². The fourth-order valence-corrected chi connectivity index (χ4v) is 5.40. The lowest BCUT2D eigenvalue weighted by Gasteiger charge is -2.15. The standard InChI is InChI=1S/C26H33N3O4S/c1-4-32-13-8-12-28-25(31)21-10-5-6-11-23(21)27-26(28)34-17-24(30)22-15-18(2)29(19(22)3)16-20-9-7-14-33-20/h5-6,10-11,15,20H,4,7-9,12-14,16-17H2,1-3H3/t20-/m1/s1. The van der Waals surface area contributed by atoms with Crippen LogP contribution >= 0.6 is 11.8 Å². The highest BCUT2D eigenvalue weighted by Crippen LogP contribution is 2.24. The number of ketones is 1. The normalized spacial score (nSPS) is 15.9. The fourth-order valence-electron chi connectivity index (χ4n) is 4.49. The molecule has 0 amide bonds. The number of hydrogen-bond acceptors (Lipinski definition) is 6. The topological polar surface area (TPSA) is 75.3 Å². The predicted octanol–water partition coefficient (Wildman–Crippen LogP) is 4.40. The summed E-state index contributed by atoms with van der Waals surface area (Å²) in [4.78, 5) is 31.1. The van der Waals surface area contributed by atoms with E-state index in [1.807, 2.05) is 45.0 Å². The zero-order valence-electron chi connectivity index (χ0n) is 20.2. The molecule has 1 aliphatic rings. The van der Waals surface area contributed by atoms with Crippen molar-refractivity contribution in [1.29, 1.82) is 0 Å². The highest BCUT2D eigenvalue weighted by molar-refractivity contribution is 7.99. The van der Waals surface area contributed by atoms with Gasteiger partial charge in [0.1, 0.15) is 0 Å². The SMILES string of the molecule is CCOCCCn1c(SCC(=O)c2cc(C)n(C[C@H]3CCCO3)c2C)nc2ccccc2c1=O. The van der Waals surface area contributed by atoms with E-state index < -0.39 is 0 Å². The molecule has 182 valence electrons. The maximum absolute atomic E-state index is 13.2. The van der Waals surface area contributed by atoms with Gasteiger partial charge in [-0.05, 0) is 58.2 Å². The molecule has 4 rings (SSSR count). The molecular formula is C26H33N3O4S. The molecule has 3 heterocycles. The van der Waals surface area contributed by atoms with Crippen molar-refractivity contribution in [3.8, 4) is 0 Å². The van der Waals surface area contributed by atoms with Crippen LogP contribution in [0.2, 0.25) is 0 Å². The molecule has 1 atom stereocenters. The summed E-state index contributed by atoms with van der Waals surface area (Å²) in [5.74, 6) is 0.264. The Morgan fingerprint density at radius 1 is 1.26 bits per heavy atom. The first-order valence-corrected chi connectivity index (χ1v) is 13.0. The van der Waals surface area contributed by atoms with Gasteiger partial charge in [-0.2, -0.15) is 0 Å². The van der Waals surface area contributed by atoms with E-state index in [0.29, 0.717) is 42.2 Å². The second-order valence-corrected chi connectivity index (χ2v) is 9.60. The summed E-state index contributed by atoms with van der Waals surface area (Å²) < 4.78 is 15.1. The number of aryl methyl sites for hydroxylation is 1. The van der Waals surface area contributed by atoms with E-state index >= 15 is 0 Å². The first kappa shape index (κ1) is 24.7. The number of thioether (sulfide) groups is 1. The van der Waals surface area contributed by atoms with Crippen LogP contribution < -0.4 is 5.56 Å². The number of hydrogen-bond donors (Lipinski definition) is 0. The van der Waals surface area contributed by atoms with Gasteiger partial charge in [0.05, 0.1) is 22.8 Å². The molecular weight excluding hydrogens is 450 g/mol. The van der Waals surface area contributed by atoms with Gasteiger partial charge in [-0.15, -0.1) is 0 Å². The van der Waals surface area contributed by atoms with Crippen molar-refractivity contribution in [2.75, 3.05) is 25.6 Å². The molecule has 34 heavy (non-hydrogen) atoms. The molecule has 8 heteroatoms. The van der Waals surface area contributed by atoms with Crippen molar-refractivity contribution >= 4 is 28.4 Å². The van der Waals surface area contributed by atoms with Crippen LogP contribution in [0.5, 0.6) is 0 Å². The highest BCUT2D eigenvalue weighted by Gasteiger charge is 2.22. The van der Waals surface area contributed by atoms with Crippen molar-refractivity contribution in [1.82, 2.24) is 14.1 Å². The maximum atomic E-state index is 13.2. The Labute approximate surface area is 204 Å². The number of ether oxygens (including phenoxy) is 2. The number of Topliss-reactive ketones (excluding diaryl/α,β-unsaturated/α-hetero) is 1. The molecule has 2 aromatic heterocycles. The first-order valence-electron chi connectivity index (χ1n) is 12.0. The Hall–Kier alpha value is -2.42. The summed E-state index contributed by atoms with van der Waals surface area (Å²) in [6.07, 6.45) is 3.08. The third-order valence-corrected chi connectivity index (χ3v) is 7.29. The number of fused-ring (bicyclic) bond motifs is 1. The zero-order valence-corrected chi connectivity index (χ0v) is 21.0. The van der Waals surface area contributed by atoms with E-state index in [-0.39, 0.29) is 23.2 Å². The molecule has 1 aliphatic heterocycles. The zero-order chi connectivity index (χ0) is 24.1. The van der Waals surface area contributed by atoms with Crippen LogP contribution in [0.25, 0.3) is 10.9 Å². The van der Waals surface area contributed by atoms with Gasteiger partial charge in [0.15, 0.2) is 10.9 Å². The average molecular weight is 484 g/mol. The second-order valence-electron chi connectivity index (χ2n) is 8.66. The van der Waals surface area contributed by atoms with Crippen LogP contribution in [0.3, 0.4) is 0 Å². The first-order chi connectivity index (χ1) is 16.5. The monoisotopic (exact) mass is 483 g/mol. The van der Waals surface area contributed by atoms with Gasteiger partial charge in [0.2, 0.25) is 0 Å². The Morgan fingerprint density at radius 2 is 2.09 bits per heavy atom. The van der Waals surface area contributed by atoms with Gasteiger partial charge in [-0.1, -0.05) is 23.9 Å². The van der Waals surface area contributed by atoms with Crippen LogP contribution in [0.4, 0.5) is 0 Å². The van der Waals surface area contributed by atoms with Crippen molar-refractivity contribution in [3.63, 3.8) is 0 Å². The molecule has 0 aliphatic carbocycles. The number of benzene rings is 1. The molecule has 0 unspecified atom stereocenters. The van der Waals surface area contributed by atoms with Crippen molar-refractivity contribution in [2.24, 2.45) is 0 Å². The molecule has 0 saturated carbocycles. The second kappa shape index (κ2) is 11.3. The van der Waals surface area contributed by atoms with Crippen molar-refractivity contribution in [3.05, 3.63) is 57.6 Å².